The lowest BCUT2D eigenvalue weighted by Crippen LogP contribution is -2.22. The number of aliphatic imine (C=N–C) groups is 1. The maximum atomic E-state index is 12.2. The zero-order chi connectivity index (χ0) is 19.9. The van der Waals surface area contributed by atoms with Gasteiger partial charge >= 0.3 is 6.18 Å². The molecule has 0 amide bonds. The monoisotopic (exact) mass is 512 g/mol. The zero-order valence-electron chi connectivity index (χ0n) is 15.1. The predicted molar refractivity (Wildman–Crippen MR) is 110 cm³/mol. The Morgan fingerprint density at radius 3 is 2.50 bits per heavy atom. The van der Waals surface area contributed by atoms with Gasteiger partial charge in [-0.05, 0) is 23.8 Å². The van der Waals surface area contributed by atoms with E-state index in [0.717, 1.165) is 0 Å². The fraction of sp³-hybridized carbons (Fsp3) is 0.294. The highest BCUT2D eigenvalue weighted by Crippen LogP contribution is 2.29. The smallest absolute Gasteiger partial charge is 0.422 e. The molecule has 2 rings (SSSR count). The molecule has 0 saturated carbocycles. The number of pyridine rings is 1. The van der Waals surface area contributed by atoms with Crippen LogP contribution in [0, 0.1) is 0 Å². The molecule has 154 valence electrons. The summed E-state index contributed by atoms with van der Waals surface area (Å²) in [5, 5.41) is 2.89. The molecule has 0 unspecified atom stereocenters. The average molecular weight is 512 g/mol. The molecule has 0 fully saturated rings. The van der Waals surface area contributed by atoms with Crippen LogP contribution in [0.5, 0.6) is 17.4 Å². The SMILES string of the molecule is COc1ccc(NC(N)=NCc2ccnc(OCC(F)(F)F)c2)cc1OC.I. The lowest BCUT2D eigenvalue weighted by Gasteiger charge is -2.11. The number of rotatable bonds is 7. The number of hydrogen-bond acceptors (Lipinski definition) is 5. The molecule has 1 aromatic carbocycles. The molecule has 1 heterocycles. The third kappa shape index (κ3) is 7.66. The standard InChI is InChI=1S/C17H19F3N4O3.HI/c1-25-13-4-3-12(8-14(13)26-2)24-16(21)23-9-11-5-6-22-15(7-11)27-10-17(18,19)20;/h3-8H,9-10H2,1-2H3,(H3,21,23,24);1H. The van der Waals surface area contributed by atoms with Gasteiger partial charge in [0.2, 0.25) is 5.88 Å². The van der Waals surface area contributed by atoms with E-state index in [1.54, 1.807) is 24.3 Å². The van der Waals surface area contributed by atoms with E-state index in [4.69, 9.17) is 15.2 Å². The maximum Gasteiger partial charge on any atom is 0.422 e. The Hall–Kier alpha value is -2.44. The van der Waals surface area contributed by atoms with E-state index in [2.05, 4.69) is 20.0 Å². The number of hydrogen-bond donors (Lipinski definition) is 2. The van der Waals surface area contributed by atoms with Gasteiger partial charge < -0.3 is 25.3 Å². The molecular weight excluding hydrogens is 492 g/mol. The largest absolute Gasteiger partial charge is 0.493 e. The Bertz CT molecular complexity index is 803. The van der Waals surface area contributed by atoms with Crippen LogP contribution in [0.1, 0.15) is 5.56 Å². The summed E-state index contributed by atoms with van der Waals surface area (Å²) in [6.45, 7) is -1.27. The Morgan fingerprint density at radius 2 is 1.86 bits per heavy atom. The number of anilines is 1. The number of guanidine groups is 1. The molecule has 7 nitrogen and oxygen atoms in total. The van der Waals surface area contributed by atoms with Gasteiger partial charge in [-0.2, -0.15) is 13.2 Å². The van der Waals surface area contributed by atoms with Gasteiger partial charge in [0.25, 0.3) is 0 Å². The predicted octanol–water partition coefficient (Wildman–Crippen LogP) is 3.58. The quantitative estimate of drug-likeness (QED) is 0.335. The number of aromatic nitrogens is 1. The normalized spacial score (nSPS) is 11.4. The summed E-state index contributed by atoms with van der Waals surface area (Å²) in [5.74, 6) is 1.08. The Morgan fingerprint density at radius 1 is 1.14 bits per heavy atom. The molecule has 0 radical (unpaired) electrons. The summed E-state index contributed by atoms with van der Waals surface area (Å²) in [6, 6.07) is 8.12. The van der Waals surface area contributed by atoms with Crippen molar-refractivity contribution in [3.05, 3.63) is 42.1 Å². The van der Waals surface area contributed by atoms with Crippen LogP contribution >= 0.6 is 24.0 Å². The highest BCUT2D eigenvalue weighted by molar-refractivity contribution is 14.0. The van der Waals surface area contributed by atoms with Crippen LogP contribution in [0.2, 0.25) is 0 Å². The van der Waals surface area contributed by atoms with Gasteiger partial charge in [0.15, 0.2) is 24.1 Å². The molecule has 0 spiro atoms. The van der Waals surface area contributed by atoms with Crippen molar-refractivity contribution in [2.45, 2.75) is 12.7 Å². The van der Waals surface area contributed by atoms with Crippen molar-refractivity contribution < 1.29 is 27.4 Å². The van der Waals surface area contributed by atoms with E-state index in [9.17, 15) is 13.2 Å². The molecule has 28 heavy (non-hydrogen) atoms. The third-order valence-electron chi connectivity index (χ3n) is 3.27. The summed E-state index contributed by atoms with van der Waals surface area (Å²) >= 11 is 0. The lowest BCUT2D eigenvalue weighted by molar-refractivity contribution is -0.154. The van der Waals surface area contributed by atoms with E-state index >= 15 is 0 Å². The van der Waals surface area contributed by atoms with Gasteiger partial charge in [-0.1, -0.05) is 0 Å². The Balaban J connectivity index is 0.00000392. The molecule has 1 aromatic heterocycles. The van der Waals surface area contributed by atoms with Crippen molar-refractivity contribution in [2.24, 2.45) is 10.7 Å². The second kappa shape index (κ2) is 10.8. The number of ether oxygens (including phenoxy) is 3. The van der Waals surface area contributed by atoms with Crippen LogP contribution in [-0.4, -0.2) is 37.9 Å². The number of methoxy groups -OCH3 is 2. The molecule has 0 aliphatic rings. The van der Waals surface area contributed by atoms with Gasteiger partial charge in [-0.15, -0.1) is 24.0 Å². The summed E-state index contributed by atoms with van der Waals surface area (Å²) < 4.78 is 51.5. The summed E-state index contributed by atoms with van der Waals surface area (Å²) in [6.07, 6.45) is -3.09. The third-order valence-corrected chi connectivity index (χ3v) is 3.27. The highest BCUT2D eigenvalue weighted by atomic mass is 127. The Labute approximate surface area is 177 Å². The minimum absolute atomic E-state index is 0. The average Bonchev–Trinajstić information content (AvgIpc) is 2.64. The second-order valence-corrected chi connectivity index (χ2v) is 5.30. The van der Waals surface area contributed by atoms with E-state index in [-0.39, 0.29) is 42.4 Å². The topological polar surface area (TPSA) is 91.0 Å². The number of nitrogens with two attached hydrogens (primary N) is 1. The summed E-state index contributed by atoms with van der Waals surface area (Å²) in [7, 11) is 3.04. The summed E-state index contributed by atoms with van der Waals surface area (Å²) in [5.41, 5.74) is 7.07. The first-order valence-electron chi connectivity index (χ1n) is 7.74. The second-order valence-electron chi connectivity index (χ2n) is 5.30. The minimum atomic E-state index is -4.43. The fourth-order valence-electron chi connectivity index (χ4n) is 2.06. The van der Waals surface area contributed by atoms with Crippen molar-refractivity contribution in [3.8, 4) is 17.4 Å². The number of nitrogens with one attached hydrogen (secondary N) is 1. The van der Waals surface area contributed by atoms with E-state index in [1.165, 1.54) is 26.5 Å². The fourth-order valence-corrected chi connectivity index (χ4v) is 2.06. The van der Waals surface area contributed by atoms with Gasteiger partial charge in [0.1, 0.15) is 0 Å². The first-order valence-corrected chi connectivity index (χ1v) is 7.74. The zero-order valence-corrected chi connectivity index (χ0v) is 17.4. The maximum absolute atomic E-state index is 12.2. The van der Waals surface area contributed by atoms with Gasteiger partial charge in [0, 0.05) is 24.0 Å². The van der Waals surface area contributed by atoms with Crippen molar-refractivity contribution in [1.29, 1.82) is 0 Å². The van der Waals surface area contributed by atoms with E-state index in [0.29, 0.717) is 22.7 Å². The van der Waals surface area contributed by atoms with Crippen LogP contribution in [0.3, 0.4) is 0 Å². The first-order chi connectivity index (χ1) is 12.8. The van der Waals surface area contributed by atoms with Crippen LogP contribution in [0.25, 0.3) is 0 Å². The molecule has 0 bridgehead atoms. The molecule has 2 aromatic rings. The molecular formula is C17H20F3IN4O3. The van der Waals surface area contributed by atoms with Crippen molar-refractivity contribution in [1.82, 2.24) is 4.98 Å². The number of nitrogens with zero attached hydrogens (tertiary/aromatic N) is 2. The lowest BCUT2D eigenvalue weighted by atomic mass is 10.2. The molecule has 11 heteroatoms. The molecule has 0 aliphatic carbocycles. The minimum Gasteiger partial charge on any atom is -0.493 e. The van der Waals surface area contributed by atoms with Crippen LogP contribution < -0.4 is 25.3 Å². The van der Waals surface area contributed by atoms with Crippen molar-refractivity contribution >= 4 is 35.6 Å². The van der Waals surface area contributed by atoms with Gasteiger partial charge in [0.05, 0.1) is 20.8 Å². The van der Waals surface area contributed by atoms with Gasteiger partial charge in [-0.3, -0.25) is 0 Å². The highest BCUT2D eigenvalue weighted by Gasteiger charge is 2.28. The number of benzene rings is 1. The number of halogens is 4. The number of alkyl halides is 3. The molecule has 3 N–H and O–H groups in total. The first kappa shape index (κ1) is 23.6. The van der Waals surface area contributed by atoms with Crippen molar-refractivity contribution in [3.63, 3.8) is 0 Å². The van der Waals surface area contributed by atoms with Crippen LogP contribution in [0.15, 0.2) is 41.5 Å². The van der Waals surface area contributed by atoms with Crippen molar-refractivity contribution in [2.75, 3.05) is 26.1 Å². The van der Waals surface area contributed by atoms with Gasteiger partial charge in [-0.25, -0.2) is 9.98 Å². The van der Waals surface area contributed by atoms with Crippen LogP contribution in [0.4, 0.5) is 18.9 Å². The van der Waals surface area contributed by atoms with E-state index < -0.39 is 12.8 Å². The molecule has 0 saturated heterocycles. The van der Waals surface area contributed by atoms with Crippen LogP contribution in [-0.2, 0) is 6.54 Å². The Kier molecular flexibility index (Phi) is 9.09. The summed E-state index contributed by atoms with van der Waals surface area (Å²) in [4.78, 5) is 7.87. The van der Waals surface area contributed by atoms with E-state index in [1.807, 2.05) is 0 Å². The molecule has 0 aliphatic heterocycles. The molecule has 0 atom stereocenters.